The van der Waals surface area contributed by atoms with E-state index in [2.05, 4.69) is 27.3 Å². The minimum absolute atomic E-state index is 0.114. The van der Waals surface area contributed by atoms with Gasteiger partial charge in [-0.25, -0.2) is 4.98 Å². The van der Waals surface area contributed by atoms with Crippen LogP contribution in [0.1, 0.15) is 16.8 Å². The van der Waals surface area contributed by atoms with Gasteiger partial charge in [-0.2, -0.15) is 0 Å². The first-order valence-corrected chi connectivity index (χ1v) is 9.87. The highest BCUT2D eigenvalue weighted by Crippen LogP contribution is 2.23. The van der Waals surface area contributed by atoms with Gasteiger partial charge < -0.3 is 15.0 Å². The number of amides is 1. The predicted octanol–water partition coefficient (Wildman–Crippen LogP) is 2.76. The van der Waals surface area contributed by atoms with Gasteiger partial charge in [0, 0.05) is 36.6 Å². The molecular weight excluding hydrogens is 380 g/mol. The van der Waals surface area contributed by atoms with E-state index in [0.717, 1.165) is 13.0 Å². The number of ether oxygens (including phenoxy) is 1. The lowest BCUT2D eigenvalue weighted by atomic mass is 10.0. The molecule has 0 spiro atoms. The quantitative estimate of drug-likeness (QED) is 0.708. The van der Waals surface area contributed by atoms with Crippen LogP contribution in [-0.4, -0.2) is 29.1 Å². The SMILES string of the molecule is COc1cccc(NC(=O)Cn2c(N3CCc4ccccc4C3)nc(C)cc2=O)c1. The second-order valence-corrected chi connectivity index (χ2v) is 7.34. The molecule has 1 aliphatic heterocycles. The molecule has 1 aliphatic rings. The van der Waals surface area contributed by atoms with Gasteiger partial charge in [-0.05, 0) is 36.6 Å². The number of hydrogen-bond acceptors (Lipinski definition) is 5. The molecule has 0 unspecified atom stereocenters. The third kappa shape index (κ3) is 4.20. The normalized spacial score (nSPS) is 12.9. The Morgan fingerprint density at radius 1 is 1.13 bits per heavy atom. The number of nitrogens with zero attached hydrogens (tertiary/aromatic N) is 3. The average molecular weight is 404 g/mol. The number of nitrogens with one attached hydrogen (secondary N) is 1. The van der Waals surface area contributed by atoms with Crippen molar-refractivity contribution < 1.29 is 9.53 Å². The summed E-state index contributed by atoms with van der Waals surface area (Å²) in [5, 5.41) is 2.83. The molecule has 30 heavy (non-hydrogen) atoms. The topological polar surface area (TPSA) is 76.5 Å². The van der Waals surface area contributed by atoms with Gasteiger partial charge in [-0.1, -0.05) is 30.3 Å². The molecule has 154 valence electrons. The molecule has 7 heteroatoms. The molecule has 4 rings (SSSR count). The maximum absolute atomic E-state index is 12.7. The number of aryl methyl sites for hydroxylation is 1. The molecule has 0 aliphatic carbocycles. The Labute approximate surface area is 174 Å². The Hall–Kier alpha value is -3.61. The van der Waals surface area contributed by atoms with E-state index in [-0.39, 0.29) is 18.0 Å². The minimum atomic E-state index is -0.297. The van der Waals surface area contributed by atoms with Crippen molar-refractivity contribution in [3.05, 3.63) is 81.8 Å². The van der Waals surface area contributed by atoms with Crippen molar-refractivity contribution in [1.29, 1.82) is 0 Å². The maximum atomic E-state index is 12.7. The van der Waals surface area contributed by atoms with Crippen molar-refractivity contribution in [2.24, 2.45) is 0 Å². The second kappa shape index (κ2) is 8.41. The van der Waals surface area contributed by atoms with E-state index in [4.69, 9.17) is 4.74 Å². The van der Waals surface area contributed by atoms with Gasteiger partial charge in [0.2, 0.25) is 11.9 Å². The van der Waals surface area contributed by atoms with Crippen LogP contribution in [0.25, 0.3) is 0 Å². The van der Waals surface area contributed by atoms with Gasteiger partial charge in [0.15, 0.2) is 0 Å². The number of carbonyl (C=O) groups excluding carboxylic acids is 1. The van der Waals surface area contributed by atoms with Crippen molar-refractivity contribution in [2.75, 3.05) is 23.9 Å². The van der Waals surface area contributed by atoms with Crippen LogP contribution in [0.4, 0.5) is 11.6 Å². The number of aromatic nitrogens is 2. The van der Waals surface area contributed by atoms with Gasteiger partial charge in [-0.15, -0.1) is 0 Å². The van der Waals surface area contributed by atoms with E-state index in [1.807, 2.05) is 12.1 Å². The number of hydrogen-bond donors (Lipinski definition) is 1. The molecule has 2 aromatic carbocycles. The summed E-state index contributed by atoms with van der Waals surface area (Å²) in [7, 11) is 1.57. The third-order valence-electron chi connectivity index (χ3n) is 5.18. The average Bonchev–Trinajstić information content (AvgIpc) is 2.75. The summed E-state index contributed by atoms with van der Waals surface area (Å²) in [6.07, 6.45) is 0.871. The Morgan fingerprint density at radius 3 is 2.73 bits per heavy atom. The zero-order valence-corrected chi connectivity index (χ0v) is 17.1. The van der Waals surface area contributed by atoms with Crippen molar-refractivity contribution in [2.45, 2.75) is 26.4 Å². The third-order valence-corrected chi connectivity index (χ3v) is 5.18. The molecule has 0 atom stereocenters. The molecule has 1 amide bonds. The summed E-state index contributed by atoms with van der Waals surface area (Å²) in [5.74, 6) is 0.875. The molecule has 0 radical (unpaired) electrons. The number of rotatable bonds is 5. The number of methoxy groups -OCH3 is 1. The van der Waals surface area contributed by atoms with Crippen molar-refractivity contribution in [3.63, 3.8) is 0 Å². The molecule has 7 nitrogen and oxygen atoms in total. The lowest BCUT2D eigenvalue weighted by Crippen LogP contribution is -2.38. The standard InChI is InChI=1S/C23H24N4O3/c1-16-12-22(29)27(15-21(28)25-19-8-5-9-20(13-19)30-2)23(24-16)26-11-10-17-6-3-4-7-18(17)14-26/h3-9,12-13H,10-11,14-15H2,1-2H3,(H,25,28). The molecule has 1 aromatic heterocycles. The van der Waals surface area contributed by atoms with Crippen LogP contribution in [0.15, 0.2) is 59.4 Å². The van der Waals surface area contributed by atoms with Crippen LogP contribution in [0, 0.1) is 6.92 Å². The molecule has 0 bridgehead atoms. The molecule has 0 saturated heterocycles. The first kappa shape index (κ1) is 19.7. The maximum Gasteiger partial charge on any atom is 0.255 e. The Morgan fingerprint density at radius 2 is 1.93 bits per heavy atom. The zero-order chi connectivity index (χ0) is 21.1. The molecule has 2 heterocycles. The summed E-state index contributed by atoms with van der Waals surface area (Å²) < 4.78 is 6.63. The smallest absolute Gasteiger partial charge is 0.255 e. The van der Waals surface area contributed by atoms with Gasteiger partial charge in [0.25, 0.3) is 5.56 Å². The highest BCUT2D eigenvalue weighted by molar-refractivity contribution is 5.90. The van der Waals surface area contributed by atoms with E-state index in [1.54, 1.807) is 38.3 Å². The van der Waals surface area contributed by atoms with Crippen molar-refractivity contribution in [1.82, 2.24) is 9.55 Å². The predicted molar refractivity (Wildman–Crippen MR) is 116 cm³/mol. The van der Waals surface area contributed by atoms with Crippen LogP contribution in [0.2, 0.25) is 0 Å². The number of anilines is 2. The summed E-state index contributed by atoms with van der Waals surface area (Å²) in [5.41, 5.74) is 3.54. The van der Waals surface area contributed by atoms with Crippen LogP contribution in [-0.2, 0) is 24.3 Å². The van der Waals surface area contributed by atoms with E-state index < -0.39 is 0 Å². The summed E-state index contributed by atoms with van der Waals surface area (Å²) in [4.78, 5) is 32.1. The fourth-order valence-corrected chi connectivity index (χ4v) is 3.71. The van der Waals surface area contributed by atoms with Crippen molar-refractivity contribution in [3.8, 4) is 5.75 Å². The van der Waals surface area contributed by atoms with Gasteiger partial charge in [-0.3, -0.25) is 14.2 Å². The fourth-order valence-electron chi connectivity index (χ4n) is 3.71. The number of benzene rings is 2. The van der Waals surface area contributed by atoms with E-state index in [0.29, 0.717) is 29.6 Å². The van der Waals surface area contributed by atoms with Gasteiger partial charge in [0.05, 0.1) is 7.11 Å². The molecule has 0 saturated carbocycles. The largest absolute Gasteiger partial charge is 0.497 e. The second-order valence-electron chi connectivity index (χ2n) is 7.34. The minimum Gasteiger partial charge on any atom is -0.497 e. The van der Waals surface area contributed by atoms with Crippen LogP contribution < -0.4 is 20.5 Å². The van der Waals surface area contributed by atoms with E-state index in [1.165, 1.54) is 21.8 Å². The zero-order valence-electron chi connectivity index (χ0n) is 17.1. The Balaban J connectivity index is 1.59. The Kier molecular flexibility index (Phi) is 5.52. The Bertz CT molecular complexity index is 1140. The monoisotopic (exact) mass is 404 g/mol. The number of carbonyl (C=O) groups is 1. The van der Waals surface area contributed by atoms with Crippen LogP contribution >= 0.6 is 0 Å². The highest BCUT2D eigenvalue weighted by Gasteiger charge is 2.22. The van der Waals surface area contributed by atoms with Crippen LogP contribution in [0.3, 0.4) is 0 Å². The lowest BCUT2D eigenvalue weighted by molar-refractivity contribution is -0.116. The molecule has 0 fully saturated rings. The van der Waals surface area contributed by atoms with E-state index in [9.17, 15) is 9.59 Å². The van der Waals surface area contributed by atoms with Crippen molar-refractivity contribution >= 4 is 17.5 Å². The van der Waals surface area contributed by atoms with Gasteiger partial charge >= 0.3 is 0 Å². The van der Waals surface area contributed by atoms with E-state index >= 15 is 0 Å². The first-order chi connectivity index (χ1) is 14.5. The summed E-state index contributed by atoms with van der Waals surface area (Å²) in [6, 6.07) is 16.8. The molecule has 3 aromatic rings. The molecule has 1 N–H and O–H groups in total. The summed E-state index contributed by atoms with van der Waals surface area (Å²) >= 11 is 0. The van der Waals surface area contributed by atoms with Crippen LogP contribution in [0.5, 0.6) is 5.75 Å². The highest BCUT2D eigenvalue weighted by atomic mass is 16.5. The molecular formula is C23H24N4O3. The summed E-state index contributed by atoms with van der Waals surface area (Å²) in [6.45, 7) is 3.08. The fraction of sp³-hybridized carbons (Fsp3) is 0.261. The lowest BCUT2D eigenvalue weighted by Gasteiger charge is -2.31. The first-order valence-electron chi connectivity index (χ1n) is 9.87. The van der Waals surface area contributed by atoms with Gasteiger partial charge in [0.1, 0.15) is 12.3 Å². The number of fused-ring (bicyclic) bond motifs is 1.